The van der Waals surface area contributed by atoms with Crippen molar-refractivity contribution in [3.05, 3.63) is 60.7 Å². The summed E-state index contributed by atoms with van der Waals surface area (Å²) in [7, 11) is 0.777. The molecule has 0 aromatic heterocycles. The minimum Gasteiger partial charge on any atom is -1.00 e. The van der Waals surface area contributed by atoms with Crippen LogP contribution in [0.15, 0.2) is 60.7 Å². The van der Waals surface area contributed by atoms with E-state index in [9.17, 15) is 0 Å². The molecule has 0 aliphatic heterocycles. The Morgan fingerprint density at radius 3 is 1.19 bits per heavy atom. The number of benzene rings is 2. The molecule has 0 bridgehead atoms. The average Bonchev–Trinajstić information content (AvgIpc) is 2.21. The van der Waals surface area contributed by atoms with E-state index in [-0.39, 0.29) is 44.3 Å². The Morgan fingerprint density at radius 1 is 0.562 bits per heavy atom. The average molecular weight is 360 g/mol. The molecule has 0 spiro atoms. The molecule has 0 atom stereocenters. The summed E-state index contributed by atoms with van der Waals surface area (Å²) >= 11 is 0. The minimum absolute atomic E-state index is 0. The molecule has 0 saturated heterocycles. The van der Waals surface area contributed by atoms with Crippen molar-refractivity contribution in [1.82, 2.24) is 0 Å². The second-order valence-corrected chi connectivity index (χ2v) is 4.26. The first-order valence-corrected chi connectivity index (χ1v) is 5.32. The topological polar surface area (TPSA) is 0 Å². The Kier molecular flexibility index (Phi) is 11.8. The normalized spacial score (nSPS) is 8.00. The third kappa shape index (κ3) is 5.97. The largest absolute Gasteiger partial charge is 2.00 e. The Balaban J connectivity index is 0. The van der Waals surface area contributed by atoms with Gasteiger partial charge in [-0.1, -0.05) is 69.2 Å². The molecule has 0 saturated carbocycles. The number of halogens is 2. The number of hydrogen-bond donors (Lipinski definition) is 0. The summed E-state index contributed by atoms with van der Waals surface area (Å²) in [5, 5.41) is 2.79. The minimum atomic E-state index is 0. The molecular formula is C12H11Cl2PRh. The molecule has 0 aliphatic carbocycles. The van der Waals surface area contributed by atoms with Gasteiger partial charge in [-0.05, 0) is 10.6 Å². The number of rotatable bonds is 2. The fourth-order valence-corrected chi connectivity index (χ4v) is 2.26. The van der Waals surface area contributed by atoms with Crippen LogP contribution in [-0.2, 0) is 19.5 Å². The third-order valence-electron chi connectivity index (χ3n) is 1.84. The molecule has 0 aliphatic rings. The molecule has 1 radical (unpaired) electrons. The summed E-state index contributed by atoms with van der Waals surface area (Å²) in [5.74, 6) is 0. The predicted octanol–water partition coefficient (Wildman–Crippen LogP) is -3.68. The van der Waals surface area contributed by atoms with Crippen LogP contribution in [0.1, 0.15) is 0 Å². The zero-order valence-electron chi connectivity index (χ0n) is 8.36. The van der Waals surface area contributed by atoms with E-state index in [2.05, 4.69) is 60.7 Å². The first-order chi connectivity index (χ1) is 6.45. The fraction of sp³-hybridized carbons (Fsp3) is 0. The van der Waals surface area contributed by atoms with Gasteiger partial charge in [-0.2, -0.15) is 0 Å². The van der Waals surface area contributed by atoms with Gasteiger partial charge in [0.2, 0.25) is 0 Å². The molecule has 0 nitrogen and oxygen atoms in total. The molecule has 87 valence electrons. The summed E-state index contributed by atoms with van der Waals surface area (Å²) in [6.07, 6.45) is 0. The summed E-state index contributed by atoms with van der Waals surface area (Å²) in [4.78, 5) is 0. The Hall–Kier alpha value is 0.0734. The van der Waals surface area contributed by atoms with Gasteiger partial charge < -0.3 is 24.8 Å². The molecule has 4 heteroatoms. The Morgan fingerprint density at radius 2 is 0.875 bits per heavy atom. The SMILES string of the molecule is [Cl-].[Cl-].[Rh+2].c1ccc(Pc2ccccc2)cc1. The van der Waals surface area contributed by atoms with Gasteiger partial charge in [-0.3, -0.25) is 0 Å². The summed E-state index contributed by atoms with van der Waals surface area (Å²) in [6.45, 7) is 0. The van der Waals surface area contributed by atoms with E-state index in [1.54, 1.807) is 0 Å². The Bertz CT molecular complexity index is 330. The van der Waals surface area contributed by atoms with Gasteiger partial charge in [0.1, 0.15) is 0 Å². The molecule has 0 heterocycles. The molecule has 2 aromatic carbocycles. The first-order valence-electron chi connectivity index (χ1n) is 4.32. The van der Waals surface area contributed by atoms with Crippen LogP contribution in [0.25, 0.3) is 0 Å². The van der Waals surface area contributed by atoms with Crippen molar-refractivity contribution in [2.24, 2.45) is 0 Å². The van der Waals surface area contributed by atoms with Gasteiger partial charge >= 0.3 is 19.5 Å². The third-order valence-corrected chi connectivity index (χ3v) is 3.08. The van der Waals surface area contributed by atoms with Crippen LogP contribution in [0, 0.1) is 0 Å². The zero-order chi connectivity index (χ0) is 8.93. The van der Waals surface area contributed by atoms with Gasteiger partial charge in [0, 0.05) is 0 Å². The second kappa shape index (κ2) is 10.2. The monoisotopic (exact) mass is 359 g/mol. The maximum absolute atomic E-state index is 2.17. The van der Waals surface area contributed by atoms with Crippen LogP contribution in [0.5, 0.6) is 0 Å². The van der Waals surface area contributed by atoms with Crippen molar-refractivity contribution >= 4 is 19.2 Å². The van der Waals surface area contributed by atoms with Crippen molar-refractivity contribution < 1.29 is 44.3 Å². The molecule has 2 aromatic rings. The molecule has 16 heavy (non-hydrogen) atoms. The van der Waals surface area contributed by atoms with Gasteiger partial charge in [0.15, 0.2) is 0 Å². The summed E-state index contributed by atoms with van der Waals surface area (Å²) in [5.41, 5.74) is 0. The van der Waals surface area contributed by atoms with Gasteiger partial charge in [0.05, 0.1) is 0 Å². The zero-order valence-corrected chi connectivity index (χ0v) is 12.5. The fourth-order valence-electron chi connectivity index (χ4n) is 1.21. The maximum Gasteiger partial charge on any atom is 2.00 e. The van der Waals surface area contributed by atoms with E-state index < -0.39 is 0 Å². The van der Waals surface area contributed by atoms with Crippen LogP contribution < -0.4 is 35.4 Å². The van der Waals surface area contributed by atoms with E-state index in [0.29, 0.717) is 0 Å². The molecular weight excluding hydrogens is 349 g/mol. The van der Waals surface area contributed by atoms with Crippen LogP contribution in [0.4, 0.5) is 0 Å². The van der Waals surface area contributed by atoms with Gasteiger partial charge in [-0.15, -0.1) is 0 Å². The van der Waals surface area contributed by atoms with Crippen LogP contribution in [0.3, 0.4) is 0 Å². The predicted molar refractivity (Wildman–Crippen MR) is 60.5 cm³/mol. The second-order valence-electron chi connectivity index (χ2n) is 2.86. The quantitative estimate of drug-likeness (QED) is 0.383. The van der Waals surface area contributed by atoms with Crippen LogP contribution in [-0.4, -0.2) is 0 Å². The van der Waals surface area contributed by atoms with E-state index in [1.807, 2.05) is 0 Å². The Labute approximate surface area is 124 Å². The molecule has 0 amide bonds. The molecule has 2 rings (SSSR count). The van der Waals surface area contributed by atoms with Crippen molar-refractivity contribution in [3.63, 3.8) is 0 Å². The van der Waals surface area contributed by atoms with Crippen LogP contribution >= 0.6 is 8.58 Å². The van der Waals surface area contributed by atoms with E-state index >= 15 is 0 Å². The molecule has 0 N–H and O–H groups in total. The smallest absolute Gasteiger partial charge is 1.00 e. The molecule has 0 unspecified atom stereocenters. The first kappa shape index (κ1) is 18.4. The van der Waals surface area contributed by atoms with E-state index in [4.69, 9.17) is 0 Å². The summed E-state index contributed by atoms with van der Waals surface area (Å²) < 4.78 is 0. The maximum atomic E-state index is 2.17. The van der Waals surface area contributed by atoms with E-state index in [0.717, 1.165) is 8.58 Å². The van der Waals surface area contributed by atoms with Crippen molar-refractivity contribution in [1.29, 1.82) is 0 Å². The van der Waals surface area contributed by atoms with Crippen molar-refractivity contribution in [2.45, 2.75) is 0 Å². The standard InChI is InChI=1S/C12H11P.2ClH.Rh/c1-3-7-11(8-4-1)13-12-9-5-2-6-10-12;;;/h1-10,13H;2*1H;/q;;;+2/p-2. The van der Waals surface area contributed by atoms with Crippen LogP contribution in [0.2, 0.25) is 0 Å². The van der Waals surface area contributed by atoms with E-state index in [1.165, 1.54) is 10.6 Å². The molecule has 0 fully saturated rings. The van der Waals surface area contributed by atoms with Gasteiger partial charge in [-0.25, -0.2) is 0 Å². The van der Waals surface area contributed by atoms with Crippen molar-refractivity contribution in [2.75, 3.05) is 0 Å². The number of hydrogen-bond acceptors (Lipinski definition) is 0. The van der Waals surface area contributed by atoms with Crippen molar-refractivity contribution in [3.8, 4) is 0 Å². The summed E-state index contributed by atoms with van der Waals surface area (Å²) in [6, 6.07) is 21.2. The van der Waals surface area contributed by atoms with Gasteiger partial charge in [0.25, 0.3) is 0 Å².